The SMILES string of the molecule is Cc1cc(C)cc(-c2cccc3c2-c2ccccc2C3(c2ccccc2)c2ccccc2)c1. The number of benzene rings is 5. The molecule has 0 aromatic heterocycles. The van der Waals surface area contributed by atoms with E-state index in [0.29, 0.717) is 0 Å². The van der Waals surface area contributed by atoms with Crippen molar-refractivity contribution in [1.29, 1.82) is 0 Å². The molecular weight excluding hydrogens is 396 g/mol. The van der Waals surface area contributed by atoms with E-state index in [9.17, 15) is 0 Å². The fraction of sp³-hybridized carbons (Fsp3) is 0.0909. The van der Waals surface area contributed by atoms with Crippen molar-refractivity contribution in [2.75, 3.05) is 0 Å². The van der Waals surface area contributed by atoms with E-state index in [1.165, 1.54) is 55.6 Å². The lowest BCUT2D eigenvalue weighted by molar-refractivity contribution is 0.768. The maximum absolute atomic E-state index is 2.33. The van der Waals surface area contributed by atoms with Crippen molar-refractivity contribution in [2.45, 2.75) is 19.3 Å². The Balaban J connectivity index is 1.77. The Hall–Kier alpha value is -3.90. The minimum atomic E-state index is -0.344. The largest absolute Gasteiger partial charge is 0.0713 e. The lowest BCUT2D eigenvalue weighted by Gasteiger charge is -2.34. The van der Waals surface area contributed by atoms with Gasteiger partial charge < -0.3 is 0 Å². The highest BCUT2D eigenvalue weighted by Crippen LogP contribution is 2.58. The van der Waals surface area contributed by atoms with Gasteiger partial charge in [-0.05, 0) is 58.4 Å². The summed E-state index contributed by atoms with van der Waals surface area (Å²) in [4.78, 5) is 0. The molecule has 1 aliphatic carbocycles. The van der Waals surface area contributed by atoms with Crippen molar-refractivity contribution in [2.24, 2.45) is 0 Å². The van der Waals surface area contributed by atoms with Gasteiger partial charge >= 0.3 is 0 Å². The van der Waals surface area contributed by atoms with Crippen LogP contribution in [0.3, 0.4) is 0 Å². The zero-order valence-corrected chi connectivity index (χ0v) is 19.0. The standard InChI is InChI=1S/C33H26/c1-23-20-24(2)22-25(21-23)28-17-11-19-31-32(28)29-16-9-10-18-30(29)33(31,26-12-5-3-6-13-26)27-14-7-4-8-15-27/h3-22H,1-2H3. The third-order valence-electron chi connectivity index (χ3n) is 7.02. The van der Waals surface area contributed by atoms with E-state index in [-0.39, 0.29) is 5.41 Å². The van der Waals surface area contributed by atoms with E-state index < -0.39 is 0 Å². The van der Waals surface area contributed by atoms with Gasteiger partial charge in [-0.1, -0.05) is 132 Å². The molecule has 0 saturated heterocycles. The normalized spacial score (nSPS) is 13.4. The van der Waals surface area contributed by atoms with Crippen molar-refractivity contribution >= 4 is 0 Å². The first kappa shape index (κ1) is 19.8. The van der Waals surface area contributed by atoms with E-state index in [1.54, 1.807) is 0 Å². The molecule has 0 radical (unpaired) electrons. The second-order valence-corrected chi connectivity index (χ2v) is 9.13. The highest BCUT2D eigenvalue weighted by Gasteiger charge is 2.46. The van der Waals surface area contributed by atoms with Crippen LogP contribution in [0.1, 0.15) is 33.4 Å². The van der Waals surface area contributed by atoms with Gasteiger partial charge in [0.15, 0.2) is 0 Å². The quantitative estimate of drug-likeness (QED) is 0.269. The van der Waals surface area contributed by atoms with Gasteiger partial charge in [0.25, 0.3) is 0 Å². The van der Waals surface area contributed by atoms with E-state index in [2.05, 4.69) is 135 Å². The summed E-state index contributed by atoms with van der Waals surface area (Å²) in [5, 5.41) is 0. The molecular formula is C33H26. The Morgan fingerprint density at radius 3 is 1.61 bits per heavy atom. The first-order chi connectivity index (χ1) is 16.2. The predicted molar refractivity (Wildman–Crippen MR) is 139 cm³/mol. The molecule has 0 saturated carbocycles. The van der Waals surface area contributed by atoms with Crippen LogP contribution in [0, 0.1) is 13.8 Å². The number of fused-ring (bicyclic) bond motifs is 3. The Morgan fingerprint density at radius 1 is 0.455 bits per heavy atom. The molecule has 1 aliphatic rings. The smallest absolute Gasteiger partial charge is 0.0622 e. The minimum Gasteiger partial charge on any atom is -0.0622 e. The molecule has 5 aromatic rings. The second kappa shape index (κ2) is 7.60. The summed E-state index contributed by atoms with van der Waals surface area (Å²) < 4.78 is 0. The van der Waals surface area contributed by atoms with Crippen LogP contribution in [0.4, 0.5) is 0 Å². The highest BCUT2D eigenvalue weighted by atomic mass is 14.5. The number of hydrogen-bond acceptors (Lipinski definition) is 0. The van der Waals surface area contributed by atoms with Crippen LogP contribution in [0.5, 0.6) is 0 Å². The molecule has 0 nitrogen and oxygen atoms in total. The van der Waals surface area contributed by atoms with Gasteiger partial charge in [0.05, 0.1) is 5.41 Å². The van der Waals surface area contributed by atoms with Gasteiger partial charge in [0.2, 0.25) is 0 Å². The minimum absolute atomic E-state index is 0.344. The van der Waals surface area contributed by atoms with E-state index in [0.717, 1.165) is 0 Å². The van der Waals surface area contributed by atoms with Gasteiger partial charge in [0, 0.05) is 0 Å². The van der Waals surface area contributed by atoms with Gasteiger partial charge in [-0.2, -0.15) is 0 Å². The van der Waals surface area contributed by atoms with E-state index >= 15 is 0 Å². The topological polar surface area (TPSA) is 0 Å². The molecule has 158 valence electrons. The van der Waals surface area contributed by atoms with Crippen molar-refractivity contribution < 1.29 is 0 Å². The van der Waals surface area contributed by atoms with Crippen molar-refractivity contribution in [3.63, 3.8) is 0 Å². The Kier molecular flexibility index (Phi) is 4.55. The Morgan fingerprint density at radius 2 is 0.970 bits per heavy atom. The highest BCUT2D eigenvalue weighted by molar-refractivity contribution is 5.95. The average Bonchev–Trinajstić information content (AvgIpc) is 3.16. The van der Waals surface area contributed by atoms with Gasteiger partial charge in [-0.15, -0.1) is 0 Å². The van der Waals surface area contributed by atoms with E-state index in [1.807, 2.05) is 0 Å². The monoisotopic (exact) mass is 422 g/mol. The summed E-state index contributed by atoms with van der Waals surface area (Å²) in [6, 6.07) is 44.7. The molecule has 0 amide bonds. The molecule has 0 unspecified atom stereocenters. The van der Waals surface area contributed by atoms with Crippen molar-refractivity contribution in [3.8, 4) is 22.3 Å². The second-order valence-electron chi connectivity index (χ2n) is 9.13. The fourth-order valence-corrected chi connectivity index (χ4v) is 5.86. The molecule has 0 heteroatoms. The Labute approximate surface area is 196 Å². The third-order valence-corrected chi connectivity index (χ3v) is 7.02. The maximum atomic E-state index is 2.33. The average molecular weight is 423 g/mol. The van der Waals surface area contributed by atoms with Gasteiger partial charge in [-0.3, -0.25) is 0 Å². The summed E-state index contributed by atoms with van der Waals surface area (Å²) in [7, 11) is 0. The molecule has 5 aromatic carbocycles. The van der Waals surface area contributed by atoms with Crippen LogP contribution >= 0.6 is 0 Å². The van der Waals surface area contributed by atoms with Gasteiger partial charge in [0.1, 0.15) is 0 Å². The lowest BCUT2D eigenvalue weighted by atomic mass is 9.67. The fourth-order valence-electron chi connectivity index (χ4n) is 5.86. The molecule has 6 rings (SSSR count). The molecule has 0 atom stereocenters. The molecule has 0 heterocycles. The first-order valence-corrected chi connectivity index (χ1v) is 11.6. The van der Waals surface area contributed by atoms with Crippen LogP contribution in [0.2, 0.25) is 0 Å². The number of hydrogen-bond donors (Lipinski definition) is 0. The van der Waals surface area contributed by atoms with Crippen LogP contribution in [0.15, 0.2) is 121 Å². The summed E-state index contributed by atoms with van der Waals surface area (Å²) in [6.07, 6.45) is 0. The van der Waals surface area contributed by atoms with Crippen molar-refractivity contribution in [1.82, 2.24) is 0 Å². The zero-order chi connectivity index (χ0) is 22.4. The summed E-state index contributed by atoms with van der Waals surface area (Å²) in [5.41, 5.74) is 12.9. The maximum Gasteiger partial charge on any atom is 0.0713 e. The van der Waals surface area contributed by atoms with Crippen LogP contribution < -0.4 is 0 Å². The summed E-state index contributed by atoms with van der Waals surface area (Å²) in [6.45, 7) is 4.37. The first-order valence-electron chi connectivity index (χ1n) is 11.6. The molecule has 0 aliphatic heterocycles. The zero-order valence-electron chi connectivity index (χ0n) is 19.0. The molecule has 0 N–H and O–H groups in total. The van der Waals surface area contributed by atoms with Crippen LogP contribution in [-0.2, 0) is 5.41 Å². The number of rotatable bonds is 3. The third kappa shape index (κ3) is 2.91. The molecule has 33 heavy (non-hydrogen) atoms. The van der Waals surface area contributed by atoms with Gasteiger partial charge in [-0.25, -0.2) is 0 Å². The summed E-state index contributed by atoms with van der Waals surface area (Å²) in [5.74, 6) is 0. The molecule has 0 bridgehead atoms. The van der Waals surface area contributed by atoms with Crippen molar-refractivity contribution in [3.05, 3.63) is 155 Å². The molecule has 0 fully saturated rings. The Bertz CT molecular complexity index is 1400. The predicted octanol–water partition coefficient (Wildman–Crippen LogP) is 8.33. The summed E-state index contributed by atoms with van der Waals surface area (Å²) >= 11 is 0. The molecule has 0 spiro atoms. The van der Waals surface area contributed by atoms with Crippen LogP contribution in [-0.4, -0.2) is 0 Å². The van der Waals surface area contributed by atoms with Crippen LogP contribution in [0.25, 0.3) is 22.3 Å². The van der Waals surface area contributed by atoms with E-state index in [4.69, 9.17) is 0 Å². The lowest BCUT2D eigenvalue weighted by Crippen LogP contribution is -2.28. The number of aryl methyl sites for hydroxylation is 2.